The van der Waals surface area contributed by atoms with Crippen LogP contribution in [0.25, 0.3) is 0 Å². The van der Waals surface area contributed by atoms with Gasteiger partial charge in [0.2, 0.25) is 5.60 Å². The summed E-state index contributed by atoms with van der Waals surface area (Å²) in [6.45, 7) is -0.291. The number of alkyl halides is 3. The molecule has 11 heteroatoms. The fourth-order valence-corrected chi connectivity index (χ4v) is 2.53. The minimum atomic E-state index is -4.94. The number of nitro benzene ring substituents is 1. The van der Waals surface area contributed by atoms with Crippen molar-refractivity contribution in [1.29, 1.82) is 0 Å². The first-order valence-electron chi connectivity index (χ1n) is 7.01. The van der Waals surface area contributed by atoms with Crippen LogP contribution in [0.4, 0.5) is 24.5 Å². The summed E-state index contributed by atoms with van der Waals surface area (Å²) in [5, 5.41) is 23.4. The van der Waals surface area contributed by atoms with E-state index in [0.29, 0.717) is 0 Å². The number of non-ortho nitro benzene ring substituents is 1. The Morgan fingerprint density at radius 1 is 1.44 bits per heavy atom. The van der Waals surface area contributed by atoms with Crippen LogP contribution in [0.2, 0.25) is 5.02 Å². The van der Waals surface area contributed by atoms with Crippen LogP contribution in [-0.2, 0) is 12.6 Å². The number of nitrogens with zero attached hydrogens (tertiary/aromatic N) is 3. The lowest BCUT2D eigenvalue weighted by Gasteiger charge is -2.30. The Bertz CT molecular complexity index is 781. The molecule has 2 N–H and O–H groups in total. The predicted octanol–water partition coefficient (Wildman–Crippen LogP) is 3.23. The lowest BCUT2D eigenvalue weighted by Crippen LogP contribution is -2.45. The zero-order chi connectivity index (χ0) is 18.8. The maximum atomic E-state index is 13.4. The number of nitro groups is 1. The smallest absolute Gasteiger partial charge is 0.384 e. The van der Waals surface area contributed by atoms with Gasteiger partial charge >= 0.3 is 6.18 Å². The molecule has 0 unspecified atom stereocenters. The lowest BCUT2D eigenvalue weighted by molar-refractivity contribution is -0.384. The fraction of sp³-hybridized carbons (Fsp3) is 0.357. The molecule has 0 aliphatic heterocycles. The van der Waals surface area contributed by atoms with Crippen LogP contribution in [0.5, 0.6) is 0 Å². The van der Waals surface area contributed by atoms with Crippen LogP contribution in [0.15, 0.2) is 30.6 Å². The summed E-state index contributed by atoms with van der Waals surface area (Å²) in [5.41, 5.74) is -3.17. The molecular formula is C14H14ClF3N4O3. The molecule has 1 heterocycles. The van der Waals surface area contributed by atoms with E-state index >= 15 is 0 Å². The van der Waals surface area contributed by atoms with Crippen molar-refractivity contribution in [1.82, 2.24) is 9.55 Å². The summed E-state index contributed by atoms with van der Waals surface area (Å²) in [6, 6.07) is 3.54. The second-order valence-corrected chi connectivity index (χ2v) is 5.73. The molecule has 0 saturated carbocycles. The van der Waals surface area contributed by atoms with Gasteiger partial charge in [0.15, 0.2) is 0 Å². The first-order chi connectivity index (χ1) is 11.6. The van der Waals surface area contributed by atoms with E-state index in [4.69, 9.17) is 11.6 Å². The minimum absolute atomic E-state index is 0.0123. The Labute approximate surface area is 145 Å². The number of rotatable bonds is 6. The van der Waals surface area contributed by atoms with E-state index in [1.165, 1.54) is 25.4 Å². The topological polar surface area (TPSA) is 93.2 Å². The Morgan fingerprint density at radius 3 is 2.60 bits per heavy atom. The van der Waals surface area contributed by atoms with Crippen molar-refractivity contribution in [3.63, 3.8) is 0 Å². The first-order valence-corrected chi connectivity index (χ1v) is 7.39. The number of aryl methyl sites for hydroxylation is 1. The molecule has 136 valence electrons. The highest BCUT2D eigenvalue weighted by Gasteiger charge is 2.57. The molecule has 2 rings (SSSR count). The number of hydrogen-bond donors (Lipinski definition) is 2. The molecule has 2 aromatic rings. The van der Waals surface area contributed by atoms with Gasteiger partial charge in [-0.05, 0) is 6.07 Å². The third-order valence-electron chi connectivity index (χ3n) is 3.63. The largest absolute Gasteiger partial charge is 0.424 e. The van der Waals surface area contributed by atoms with Crippen molar-refractivity contribution >= 4 is 23.0 Å². The van der Waals surface area contributed by atoms with E-state index in [1.54, 1.807) is 0 Å². The van der Waals surface area contributed by atoms with Gasteiger partial charge in [0.05, 0.1) is 15.6 Å². The molecule has 0 bridgehead atoms. The molecule has 0 spiro atoms. The summed E-state index contributed by atoms with van der Waals surface area (Å²) in [6.07, 6.45) is -3.21. The molecule has 25 heavy (non-hydrogen) atoms. The summed E-state index contributed by atoms with van der Waals surface area (Å²) in [4.78, 5) is 13.6. The standard InChI is InChI=1S/C14H14ClF3N4O3/c1-21-7-6-20-12(21)13(23,14(16,17)18)4-5-19-11-3-2-9(22(24)25)8-10(11)15/h2-3,6-8,19,23H,4-5H2,1H3/t13-/m0/s1. The van der Waals surface area contributed by atoms with Crippen LogP contribution in [0, 0.1) is 10.1 Å². The van der Waals surface area contributed by atoms with Crippen LogP contribution >= 0.6 is 11.6 Å². The summed E-state index contributed by atoms with van der Waals surface area (Å²) >= 11 is 5.87. The number of anilines is 1. The SMILES string of the molecule is Cn1ccnc1[C@@](O)(CCNc1ccc([N+](=O)[O-])cc1Cl)C(F)(F)F. The molecule has 1 aromatic heterocycles. The van der Waals surface area contributed by atoms with E-state index in [1.807, 2.05) is 0 Å². The number of aromatic nitrogens is 2. The molecule has 1 atom stereocenters. The summed E-state index contributed by atoms with van der Waals surface area (Å²) in [7, 11) is 1.35. The number of nitrogens with one attached hydrogen (secondary N) is 1. The molecule has 0 fully saturated rings. The van der Waals surface area contributed by atoms with Crippen LogP contribution in [0.1, 0.15) is 12.2 Å². The van der Waals surface area contributed by atoms with E-state index < -0.39 is 28.9 Å². The van der Waals surface area contributed by atoms with Crippen LogP contribution in [-0.4, -0.2) is 32.3 Å². The third kappa shape index (κ3) is 3.85. The van der Waals surface area contributed by atoms with Gasteiger partial charge in [0.25, 0.3) is 5.69 Å². The quantitative estimate of drug-likeness (QED) is 0.594. The van der Waals surface area contributed by atoms with Gasteiger partial charge < -0.3 is 15.0 Å². The average molecular weight is 379 g/mol. The van der Waals surface area contributed by atoms with E-state index in [0.717, 1.165) is 16.8 Å². The molecule has 0 radical (unpaired) electrons. The lowest BCUT2D eigenvalue weighted by atomic mass is 9.97. The highest BCUT2D eigenvalue weighted by atomic mass is 35.5. The Balaban J connectivity index is 2.15. The molecular weight excluding hydrogens is 365 g/mol. The predicted molar refractivity (Wildman–Crippen MR) is 84.4 cm³/mol. The monoisotopic (exact) mass is 378 g/mol. The van der Waals surface area contributed by atoms with Crippen molar-refractivity contribution in [2.24, 2.45) is 7.05 Å². The van der Waals surface area contributed by atoms with Gasteiger partial charge in [-0.2, -0.15) is 13.2 Å². The Morgan fingerprint density at radius 2 is 2.12 bits per heavy atom. The van der Waals surface area contributed by atoms with Gasteiger partial charge in [-0.15, -0.1) is 0 Å². The van der Waals surface area contributed by atoms with Crippen LogP contribution in [0.3, 0.4) is 0 Å². The highest BCUT2D eigenvalue weighted by molar-refractivity contribution is 6.33. The van der Waals surface area contributed by atoms with Crippen molar-refractivity contribution in [2.45, 2.75) is 18.2 Å². The number of aliphatic hydroxyl groups is 1. The zero-order valence-electron chi connectivity index (χ0n) is 12.9. The number of halogens is 4. The third-order valence-corrected chi connectivity index (χ3v) is 3.94. The van der Waals surface area contributed by atoms with Crippen molar-refractivity contribution in [3.05, 3.63) is 51.6 Å². The molecule has 7 nitrogen and oxygen atoms in total. The fourth-order valence-electron chi connectivity index (χ4n) is 2.28. The maximum absolute atomic E-state index is 13.4. The van der Waals surface area contributed by atoms with E-state index in [-0.39, 0.29) is 22.9 Å². The second-order valence-electron chi connectivity index (χ2n) is 5.32. The van der Waals surface area contributed by atoms with Gasteiger partial charge in [0, 0.05) is 44.5 Å². The summed E-state index contributed by atoms with van der Waals surface area (Å²) < 4.78 is 41.2. The molecule has 0 saturated heterocycles. The number of imidazole rings is 1. The zero-order valence-corrected chi connectivity index (χ0v) is 13.7. The minimum Gasteiger partial charge on any atom is -0.384 e. The van der Waals surface area contributed by atoms with E-state index in [9.17, 15) is 28.4 Å². The average Bonchev–Trinajstić information content (AvgIpc) is 2.94. The van der Waals surface area contributed by atoms with Gasteiger partial charge in [-0.1, -0.05) is 11.6 Å². The van der Waals surface area contributed by atoms with E-state index in [2.05, 4.69) is 10.3 Å². The number of hydrogen-bond acceptors (Lipinski definition) is 5. The van der Waals surface area contributed by atoms with Gasteiger partial charge in [0.1, 0.15) is 5.82 Å². The molecule has 0 amide bonds. The Kier molecular flexibility index (Phi) is 5.23. The first kappa shape index (κ1) is 19.0. The molecule has 0 aliphatic carbocycles. The molecule has 0 aliphatic rings. The van der Waals surface area contributed by atoms with Gasteiger partial charge in [-0.25, -0.2) is 4.98 Å². The van der Waals surface area contributed by atoms with Crippen molar-refractivity contribution in [2.75, 3.05) is 11.9 Å². The van der Waals surface area contributed by atoms with Gasteiger partial charge in [-0.3, -0.25) is 10.1 Å². The maximum Gasteiger partial charge on any atom is 0.424 e. The summed E-state index contributed by atoms with van der Waals surface area (Å²) in [5.74, 6) is -0.531. The van der Waals surface area contributed by atoms with Crippen molar-refractivity contribution in [3.8, 4) is 0 Å². The highest BCUT2D eigenvalue weighted by Crippen LogP contribution is 2.40. The molecule has 1 aromatic carbocycles. The second kappa shape index (κ2) is 6.89. The van der Waals surface area contributed by atoms with Crippen molar-refractivity contribution < 1.29 is 23.2 Å². The Hall–Kier alpha value is -2.33. The normalized spacial score (nSPS) is 14.2. The number of benzene rings is 1. The van der Waals surface area contributed by atoms with Crippen LogP contribution < -0.4 is 5.32 Å².